The van der Waals surface area contributed by atoms with Gasteiger partial charge in [0.05, 0.1) is 13.2 Å². The first-order chi connectivity index (χ1) is 7.24. The number of benzene rings is 1. The number of hydrogen-bond donors (Lipinski definition) is 0. The van der Waals surface area contributed by atoms with E-state index in [9.17, 15) is 0 Å². The lowest BCUT2D eigenvalue weighted by atomic mass is 10.1. The Kier molecular flexibility index (Phi) is 5.02. The van der Waals surface area contributed by atoms with E-state index in [1.54, 1.807) is 0 Å². The van der Waals surface area contributed by atoms with Crippen LogP contribution >= 0.6 is 0 Å². The Morgan fingerprint density at radius 3 is 2.73 bits per heavy atom. The summed E-state index contributed by atoms with van der Waals surface area (Å²) in [6, 6.07) is 8.53. The monoisotopic (exact) mass is 207 g/mol. The maximum absolute atomic E-state index is 5.66. The minimum Gasteiger partial charge on any atom is -0.490 e. The summed E-state index contributed by atoms with van der Waals surface area (Å²) in [6.45, 7) is 7.72. The molecule has 1 aromatic rings. The van der Waals surface area contributed by atoms with Crippen molar-refractivity contribution in [3.05, 3.63) is 24.3 Å². The summed E-state index contributed by atoms with van der Waals surface area (Å²) < 4.78 is 11.1. The van der Waals surface area contributed by atoms with Gasteiger partial charge >= 0.3 is 0 Å². The summed E-state index contributed by atoms with van der Waals surface area (Å²) in [5.41, 5.74) is 0. The average molecular weight is 207 g/mol. The molecule has 0 spiro atoms. The van der Waals surface area contributed by atoms with Crippen molar-refractivity contribution in [2.24, 2.45) is 5.92 Å². The molecule has 1 rings (SSSR count). The molecule has 0 saturated heterocycles. The van der Waals surface area contributed by atoms with Gasteiger partial charge in [-0.2, -0.15) is 0 Å². The first-order valence-corrected chi connectivity index (χ1v) is 5.49. The lowest BCUT2D eigenvalue weighted by Crippen LogP contribution is -2.03. The zero-order chi connectivity index (χ0) is 11.1. The van der Waals surface area contributed by atoms with Crippen LogP contribution in [0.2, 0.25) is 0 Å². The van der Waals surface area contributed by atoms with E-state index in [0.717, 1.165) is 24.5 Å². The third-order valence-corrected chi connectivity index (χ3v) is 2.04. The van der Waals surface area contributed by atoms with Crippen LogP contribution in [0.3, 0.4) is 0 Å². The SMILES string of the molecule is CCOc1c[c]ccc1OCCC(C)C. The molecule has 0 amide bonds. The predicted octanol–water partition coefficient (Wildman–Crippen LogP) is 3.31. The minimum absolute atomic E-state index is 0.651. The lowest BCUT2D eigenvalue weighted by Gasteiger charge is -2.12. The summed E-state index contributed by atoms with van der Waals surface area (Å²) >= 11 is 0. The maximum atomic E-state index is 5.66. The minimum atomic E-state index is 0.651. The molecule has 0 N–H and O–H groups in total. The highest BCUT2D eigenvalue weighted by Crippen LogP contribution is 2.26. The molecule has 0 bridgehead atoms. The van der Waals surface area contributed by atoms with E-state index in [0.29, 0.717) is 12.5 Å². The van der Waals surface area contributed by atoms with E-state index < -0.39 is 0 Å². The predicted molar refractivity (Wildman–Crippen MR) is 61.4 cm³/mol. The smallest absolute Gasteiger partial charge is 0.161 e. The van der Waals surface area contributed by atoms with E-state index in [-0.39, 0.29) is 0 Å². The average Bonchev–Trinajstić information content (AvgIpc) is 2.20. The molecule has 1 radical (unpaired) electrons. The molecule has 2 heteroatoms. The lowest BCUT2D eigenvalue weighted by molar-refractivity contribution is 0.261. The van der Waals surface area contributed by atoms with Crippen LogP contribution in [0.15, 0.2) is 18.2 Å². The van der Waals surface area contributed by atoms with Gasteiger partial charge in [0.1, 0.15) is 0 Å². The Balaban J connectivity index is 2.51. The normalized spacial score (nSPS) is 10.4. The van der Waals surface area contributed by atoms with E-state index in [2.05, 4.69) is 19.9 Å². The van der Waals surface area contributed by atoms with Gasteiger partial charge in [0.15, 0.2) is 11.5 Å². The molecule has 0 aliphatic heterocycles. The van der Waals surface area contributed by atoms with E-state index in [1.807, 2.05) is 25.1 Å². The van der Waals surface area contributed by atoms with Gasteiger partial charge in [-0.15, -0.1) is 0 Å². The second-order valence-electron chi connectivity index (χ2n) is 3.84. The summed E-state index contributed by atoms with van der Waals surface area (Å²) in [4.78, 5) is 0. The van der Waals surface area contributed by atoms with Crippen molar-refractivity contribution in [3.8, 4) is 11.5 Å². The number of hydrogen-bond acceptors (Lipinski definition) is 2. The van der Waals surface area contributed by atoms with Crippen molar-refractivity contribution < 1.29 is 9.47 Å². The second-order valence-corrected chi connectivity index (χ2v) is 3.84. The van der Waals surface area contributed by atoms with Gasteiger partial charge in [0.25, 0.3) is 0 Å². The second kappa shape index (κ2) is 6.33. The third kappa shape index (κ3) is 4.24. The molecular formula is C13H19O2. The Hall–Kier alpha value is -1.18. The van der Waals surface area contributed by atoms with Crippen molar-refractivity contribution >= 4 is 0 Å². The van der Waals surface area contributed by atoms with Crippen LogP contribution in [0.25, 0.3) is 0 Å². The van der Waals surface area contributed by atoms with Gasteiger partial charge in [-0.1, -0.05) is 19.9 Å². The number of ether oxygens (including phenoxy) is 2. The van der Waals surface area contributed by atoms with Crippen LogP contribution in [-0.4, -0.2) is 13.2 Å². The summed E-state index contributed by atoms with van der Waals surface area (Å²) in [6.07, 6.45) is 1.06. The molecule has 0 atom stereocenters. The van der Waals surface area contributed by atoms with Crippen molar-refractivity contribution in [3.63, 3.8) is 0 Å². The van der Waals surface area contributed by atoms with Crippen LogP contribution in [0.4, 0.5) is 0 Å². The van der Waals surface area contributed by atoms with Gasteiger partial charge in [0, 0.05) is 0 Å². The van der Waals surface area contributed by atoms with E-state index in [1.165, 1.54) is 0 Å². The highest BCUT2D eigenvalue weighted by atomic mass is 16.5. The van der Waals surface area contributed by atoms with Crippen molar-refractivity contribution in [2.45, 2.75) is 27.2 Å². The molecule has 83 valence electrons. The number of rotatable bonds is 6. The highest BCUT2D eigenvalue weighted by Gasteiger charge is 2.03. The van der Waals surface area contributed by atoms with Gasteiger partial charge in [0.2, 0.25) is 0 Å². The van der Waals surface area contributed by atoms with Crippen LogP contribution < -0.4 is 9.47 Å². The Labute approximate surface area is 92.2 Å². The fraction of sp³-hybridized carbons (Fsp3) is 0.538. The first kappa shape index (κ1) is 11.9. The van der Waals surface area contributed by atoms with Crippen molar-refractivity contribution in [2.75, 3.05) is 13.2 Å². The van der Waals surface area contributed by atoms with Crippen LogP contribution in [0.5, 0.6) is 11.5 Å². The van der Waals surface area contributed by atoms with Gasteiger partial charge in [-0.3, -0.25) is 0 Å². The standard InChI is InChI=1S/C13H19O2/c1-4-14-12-7-5-6-8-13(12)15-10-9-11(2)3/h6-8,11H,4,9-10H2,1-3H3. The largest absolute Gasteiger partial charge is 0.490 e. The van der Waals surface area contributed by atoms with Crippen LogP contribution in [0.1, 0.15) is 27.2 Å². The van der Waals surface area contributed by atoms with E-state index >= 15 is 0 Å². The molecule has 1 aromatic carbocycles. The molecule has 0 saturated carbocycles. The summed E-state index contributed by atoms with van der Waals surface area (Å²) in [5, 5.41) is 0. The van der Waals surface area contributed by atoms with Crippen molar-refractivity contribution in [1.29, 1.82) is 0 Å². The molecule has 0 aliphatic carbocycles. The Morgan fingerprint density at radius 1 is 1.27 bits per heavy atom. The first-order valence-electron chi connectivity index (χ1n) is 5.49. The maximum Gasteiger partial charge on any atom is 0.161 e. The molecule has 0 aliphatic rings. The quantitative estimate of drug-likeness (QED) is 0.712. The van der Waals surface area contributed by atoms with Gasteiger partial charge < -0.3 is 9.47 Å². The van der Waals surface area contributed by atoms with Gasteiger partial charge in [-0.05, 0) is 37.5 Å². The Bertz CT molecular complexity index is 282. The zero-order valence-electron chi connectivity index (χ0n) is 9.75. The summed E-state index contributed by atoms with van der Waals surface area (Å²) in [7, 11) is 0. The van der Waals surface area contributed by atoms with Crippen molar-refractivity contribution in [1.82, 2.24) is 0 Å². The molecule has 0 aromatic heterocycles. The zero-order valence-corrected chi connectivity index (χ0v) is 9.75. The van der Waals surface area contributed by atoms with Gasteiger partial charge in [-0.25, -0.2) is 0 Å². The molecule has 0 unspecified atom stereocenters. The summed E-state index contributed by atoms with van der Waals surface area (Å²) in [5.74, 6) is 2.26. The third-order valence-electron chi connectivity index (χ3n) is 2.04. The molecular weight excluding hydrogens is 188 g/mol. The molecule has 0 fully saturated rings. The molecule has 2 nitrogen and oxygen atoms in total. The van der Waals surface area contributed by atoms with E-state index in [4.69, 9.17) is 9.47 Å². The van der Waals surface area contributed by atoms with Crippen LogP contribution in [-0.2, 0) is 0 Å². The molecule has 15 heavy (non-hydrogen) atoms. The Morgan fingerprint density at radius 2 is 2.07 bits per heavy atom. The fourth-order valence-corrected chi connectivity index (χ4v) is 1.19. The highest BCUT2D eigenvalue weighted by molar-refractivity contribution is 5.38. The van der Waals surface area contributed by atoms with Crippen LogP contribution in [0, 0.1) is 12.0 Å². The molecule has 0 heterocycles. The topological polar surface area (TPSA) is 18.5 Å². The fourth-order valence-electron chi connectivity index (χ4n) is 1.19.